The summed E-state index contributed by atoms with van der Waals surface area (Å²) in [6.07, 6.45) is -3.50. The van der Waals surface area contributed by atoms with Gasteiger partial charge < -0.3 is 85.7 Å². The van der Waals surface area contributed by atoms with Crippen LogP contribution in [0, 0.1) is 11.8 Å². The Hall–Kier alpha value is -8.73. The van der Waals surface area contributed by atoms with Crippen molar-refractivity contribution >= 4 is 77.1 Å². The first kappa shape index (κ1) is 71.4. The molecule has 0 aliphatic rings. The highest BCUT2D eigenvalue weighted by Crippen LogP contribution is 2.13. The molecule has 0 saturated heterocycles. The molecular formula is C55H83N13O16. The van der Waals surface area contributed by atoms with E-state index in [0.717, 1.165) is 5.56 Å². The summed E-state index contributed by atoms with van der Waals surface area (Å²) in [7, 11) is 0. The third kappa shape index (κ3) is 28.3. The molecule has 0 spiro atoms. The summed E-state index contributed by atoms with van der Waals surface area (Å²) in [6, 6.07) is 4.88. The van der Waals surface area contributed by atoms with Gasteiger partial charge in [0.05, 0.1) is 25.0 Å². The topological polar surface area (TPSA) is 484 Å². The van der Waals surface area contributed by atoms with Crippen molar-refractivity contribution in [1.29, 1.82) is 0 Å². The SMILES string of the molecule is CC(C)C[C@H](NC(=O)[C@H](Cc1ccccc1)NC(=O)CNC(=O)[C@H](CCCCN)NC(=O)[C@H](CC(N)=O)NC(=O)[C@H](C)N)C(=O)N[C@@H](CCC(=O)O)C(=O)N[C@@H](CCC(=O)O)C(=O)N[C@H](C(=O)NC(COC(N)=O)Cc1ccccc1)C(C)C. The predicted molar refractivity (Wildman–Crippen MR) is 303 cm³/mol. The molecule has 19 N–H and O–H groups in total. The normalized spacial score (nSPS) is 14.2. The van der Waals surface area contributed by atoms with Gasteiger partial charge in [-0.15, -0.1) is 0 Å². The number of nitrogens with one attached hydrogen (secondary N) is 9. The molecule has 0 bridgehead atoms. The molecular weight excluding hydrogens is 1100 g/mol. The Labute approximate surface area is 486 Å². The number of nitrogens with two attached hydrogens (primary N) is 4. The maximum atomic E-state index is 14.3. The molecule has 29 heteroatoms. The fraction of sp³-hybridized carbons (Fsp3) is 0.545. The van der Waals surface area contributed by atoms with Crippen molar-refractivity contribution in [2.45, 2.75) is 160 Å². The summed E-state index contributed by atoms with van der Waals surface area (Å²) in [6.45, 7) is 7.11. The van der Waals surface area contributed by atoms with Gasteiger partial charge in [-0.1, -0.05) is 88.4 Å². The van der Waals surface area contributed by atoms with Gasteiger partial charge in [-0.3, -0.25) is 57.5 Å². The standard InChI is InChI=1S/C55H83N13O16/c1-30(2)24-39(67-52(80)40(26-34-16-10-7-11-17-34)62-43(70)28-60-48(76)36(18-12-13-23-56)63-53(81)41(27-42(58)69)66-47(75)32(5)57)51(79)65-37(19-21-44(71)72)49(77)64-38(20-22-45(73)74)50(78)68-46(31(3)4)54(82)61-35(29-84-55(59)83)25-33-14-8-6-9-15-33/h6-11,14-17,30-32,35-41,46H,12-13,18-29,56-57H2,1-5H3,(H2,58,69)(H2,59,83)(H,60,76)(H,61,82)(H,62,70)(H,63,81)(H,64,77)(H,65,79)(H,66,75)(H,67,80)(H,68,78)(H,71,72)(H,73,74)/t32-,35?,36-,37-,38-,39-,40-,41-,46-/m0/s1. The minimum Gasteiger partial charge on any atom is -0.481 e. The second kappa shape index (κ2) is 37.4. The molecule has 0 radical (unpaired) electrons. The maximum absolute atomic E-state index is 14.3. The summed E-state index contributed by atoms with van der Waals surface area (Å²) in [5.41, 5.74) is 23.0. The number of aliphatic carboxylic acids is 2. The fourth-order valence-corrected chi connectivity index (χ4v) is 8.25. The molecule has 9 atom stereocenters. The first-order valence-electron chi connectivity index (χ1n) is 27.5. The second-order valence-electron chi connectivity index (χ2n) is 20.8. The number of carbonyl (C=O) groups excluding carboxylic acids is 11. The predicted octanol–water partition coefficient (Wildman–Crippen LogP) is -2.66. The minimum atomic E-state index is -1.72. The average Bonchev–Trinajstić information content (AvgIpc) is 3.57. The van der Waals surface area contributed by atoms with Crippen molar-refractivity contribution < 1.29 is 77.3 Å². The number of rotatable bonds is 39. The van der Waals surface area contributed by atoms with E-state index in [-0.39, 0.29) is 44.8 Å². The molecule has 0 fully saturated rings. The Balaban J connectivity index is 2.41. The molecule has 0 heterocycles. The Morgan fingerprint density at radius 1 is 0.512 bits per heavy atom. The second-order valence-corrected chi connectivity index (χ2v) is 20.8. The van der Waals surface area contributed by atoms with E-state index in [0.29, 0.717) is 18.4 Å². The zero-order chi connectivity index (χ0) is 63.1. The van der Waals surface area contributed by atoms with Crippen LogP contribution in [0.3, 0.4) is 0 Å². The molecule has 0 aliphatic carbocycles. The molecule has 2 aromatic carbocycles. The molecule has 0 aromatic heterocycles. The first-order chi connectivity index (χ1) is 39.6. The summed E-state index contributed by atoms with van der Waals surface area (Å²) >= 11 is 0. The molecule has 2 rings (SSSR count). The first-order valence-corrected chi connectivity index (χ1v) is 27.5. The van der Waals surface area contributed by atoms with Crippen LogP contribution in [0.4, 0.5) is 4.79 Å². The van der Waals surface area contributed by atoms with Crippen molar-refractivity contribution in [3.63, 3.8) is 0 Å². The van der Waals surface area contributed by atoms with E-state index in [1.54, 1.807) is 88.4 Å². The number of hydrogen-bond acceptors (Lipinski definition) is 16. The smallest absolute Gasteiger partial charge is 0.404 e. The van der Waals surface area contributed by atoms with Gasteiger partial charge in [-0.25, -0.2) is 4.79 Å². The Kier molecular flexibility index (Phi) is 31.8. The van der Waals surface area contributed by atoms with Crippen LogP contribution in [0.2, 0.25) is 0 Å². The highest BCUT2D eigenvalue weighted by atomic mass is 16.5. The van der Waals surface area contributed by atoms with Crippen LogP contribution >= 0.6 is 0 Å². The molecule has 0 aliphatic heterocycles. The van der Waals surface area contributed by atoms with Gasteiger partial charge in [-0.2, -0.15) is 0 Å². The molecule has 29 nitrogen and oxygen atoms in total. The number of carboxylic acid groups (broad SMARTS) is 2. The van der Waals surface area contributed by atoms with E-state index >= 15 is 0 Å². The van der Waals surface area contributed by atoms with Crippen LogP contribution < -0.4 is 70.8 Å². The van der Waals surface area contributed by atoms with E-state index in [9.17, 15) is 72.5 Å². The van der Waals surface area contributed by atoms with E-state index in [1.165, 1.54) is 6.92 Å². The number of unbranched alkanes of at least 4 members (excludes halogenated alkanes) is 1. The van der Waals surface area contributed by atoms with Crippen LogP contribution in [-0.4, -0.2) is 161 Å². The van der Waals surface area contributed by atoms with E-state index in [4.69, 9.17) is 27.7 Å². The summed E-state index contributed by atoms with van der Waals surface area (Å²) in [5.74, 6) is -12.9. The third-order valence-corrected chi connectivity index (χ3v) is 12.6. The van der Waals surface area contributed by atoms with Gasteiger partial charge in [0.2, 0.25) is 59.1 Å². The molecule has 0 saturated carbocycles. The monoisotopic (exact) mass is 1180 g/mol. The highest BCUT2D eigenvalue weighted by Gasteiger charge is 2.35. The number of hydrogen-bond donors (Lipinski definition) is 15. The average molecular weight is 1180 g/mol. The minimum absolute atomic E-state index is 0.00746. The summed E-state index contributed by atoms with van der Waals surface area (Å²) in [5, 5.41) is 41.7. The lowest BCUT2D eigenvalue weighted by Crippen LogP contribution is -2.60. The summed E-state index contributed by atoms with van der Waals surface area (Å²) < 4.78 is 4.97. The van der Waals surface area contributed by atoms with Gasteiger partial charge in [0.25, 0.3) is 0 Å². The van der Waals surface area contributed by atoms with Crippen molar-refractivity contribution in [1.82, 2.24) is 47.9 Å². The van der Waals surface area contributed by atoms with Gasteiger partial charge in [0.1, 0.15) is 48.9 Å². The van der Waals surface area contributed by atoms with E-state index in [2.05, 4.69) is 47.9 Å². The van der Waals surface area contributed by atoms with Crippen LogP contribution in [0.25, 0.3) is 0 Å². The van der Waals surface area contributed by atoms with Crippen LogP contribution in [-0.2, 0) is 75.1 Å². The Morgan fingerprint density at radius 2 is 0.976 bits per heavy atom. The van der Waals surface area contributed by atoms with E-state index in [1.807, 2.05) is 0 Å². The van der Waals surface area contributed by atoms with Crippen molar-refractivity contribution in [2.24, 2.45) is 34.8 Å². The van der Waals surface area contributed by atoms with Crippen molar-refractivity contribution in [2.75, 3.05) is 19.7 Å². The molecule has 464 valence electrons. The van der Waals surface area contributed by atoms with Gasteiger partial charge in [-0.05, 0) is 81.4 Å². The van der Waals surface area contributed by atoms with Crippen LogP contribution in [0.5, 0.6) is 0 Å². The van der Waals surface area contributed by atoms with Crippen LogP contribution in [0.15, 0.2) is 60.7 Å². The Bertz CT molecular complexity index is 2560. The zero-order valence-electron chi connectivity index (χ0n) is 47.9. The van der Waals surface area contributed by atoms with Crippen molar-refractivity contribution in [3.8, 4) is 0 Å². The lowest BCUT2D eigenvalue weighted by molar-refractivity contribution is -0.140. The number of carbonyl (C=O) groups is 13. The van der Waals surface area contributed by atoms with Gasteiger partial charge in [0, 0.05) is 19.3 Å². The number of primary amides is 2. The lowest BCUT2D eigenvalue weighted by atomic mass is 9.99. The molecule has 1 unspecified atom stereocenters. The van der Waals surface area contributed by atoms with Gasteiger partial charge >= 0.3 is 18.0 Å². The fourth-order valence-electron chi connectivity index (χ4n) is 8.25. The molecule has 2 aromatic rings. The van der Waals surface area contributed by atoms with Crippen LogP contribution in [0.1, 0.15) is 104 Å². The quantitative estimate of drug-likeness (QED) is 0.0304. The number of benzene rings is 2. The van der Waals surface area contributed by atoms with Gasteiger partial charge in [0.15, 0.2) is 0 Å². The number of ether oxygens (including phenoxy) is 1. The van der Waals surface area contributed by atoms with E-state index < -0.39 is 176 Å². The Morgan fingerprint density at radius 3 is 1.45 bits per heavy atom. The molecule has 11 amide bonds. The summed E-state index contributed by atoms with van der Waals surface area (Å²) in [4.78, 5) is 170. The largest absolute Gasteiger partial charge is 0.481 e. The third-order valence-electron chi connectivity index (χ3n) is 12.6. The lowest BCUT2D eigenvalue weighted by Gasteiger charge is -2.29. The number of amides is 11. The number of carboxylic acids is 2. The highest BCUT2D eigenvalue weighted by molar-refractivity contribution is 5.98. The zero-order valence-corrected chi connectivity index (χ0v) is 47.9. The maximum Gasteiger partial charge on any atom is 0.404 e. The molecule has 84 heavy (non-hydrogen) atoms. The van der Waals surface area contributed by atoms with Crippen molar-refractivity contribution in [3.05, 3.63) is 71.8 Å².